The van der Waals surface area contributed by atoms with Crippen molar-refractivity contribution in [3.63, 3.8) is 0 Å². The zero-order valence-electron chi connectivity index (χ0n) is 24.4. The number of carbonyl (C=O) groups is 3. The van der Waals surface area contributed by atoms with E-state index in [9.17, 15) is 24.6 Å². The number of anilines is 1. The minimum absolute atomic E-state index is 0.00379. The number of allylic oxidation sites excluding steroid dienone is 4. The zero-order valence-corrected chi connectivity index (χ0v) is 25.9. The van der Waals surface area contributed by atoms with Gasteiger partial charge in [0.05, 0.1) is 12.5 Å². The molecule has 0 heterocycles. The highest BCUT2D eigenvalue weighted by molar-refractivity contribution is 6.18. The fourth-order valence-electron chi connectivity index (χ4n) is 8.67. The van der Waals surface area contributed by atoms with Gasteiger partial charge in [0.25, 0.3) is 0 Å². The second-order valence-corrected chi connectivity index (χ2v) is 13.7. The van der Waals surface area contributed by atoms with Crippen LogP contribution in [0.4, 0.5) is 5.69 Å². The lowest BCUT2D eigenvalue weighted by atomic mass is 9.46. The van der Waals surface area contributed by atoms with Crippen LogP contribution < -0.4 is 4.90 Å². The van der Waals surface area contributed by atoms with Crippen LogP contribution in [0, 0.1) is 28.6 Å². The lowest BCUT2D eigenvalue weighted by Crippen LogP contribution is -2.61. The van der Waals surface area contributed by atoms with E-state index < -0.39 is 40.9 Å². The molecule has 2 N–H and O–H groups in total. The number of ether oxygens (including phenoxy) is 1. The van der Waals surface area contributed by atoms with Crippen LogP contribution in [-0.2, 0) is 25.5 Å². The monoisotopic (exact) mass is 617 g/mol. The molecule has 7 atom stereocenters. The Morgan fingerprint density at radius 1 is 1.10 bits per heavy atom. The number of halogens is 2. The molecule has 3 fully saturated rings. The number of alkyl halides is 2. The molecule has 3 saturated carbocycles. The molecule has 0 radical (unpaired) electrons. The van der Waals surface area contributed by atoms with Gasteiger partial charge in [-0.3, -0.25) is 14.4 Å². The molecule has 228 valence electrons. The van der Waals surface area contributed by atoms with Crippen molar-refractivity contribution in [2.45, 2.75) is 64.1 Å². The van der Waals surface area contributed by atoms with Crippen LogP contribution in [0.2, 0.25) is 0 Å². The summed E-state index contributed by atoms with van der Waals surface area (Å²) < 4.78 is 5.39. The first-order chi connectivity index (χ1) is 20.0. The lowest BCUT2D eigenvalue weighted by Gasteiger charge is -2.59. The summed E-state index contributed by atoms with van der Waals surface area (Å²) in [6, 6.07) is 7.49. The SMILES string of the molecule is C[C@]12C=CC(=O)C=C1CC[C@@H]1[C@@H]2[C@H](O)C[C@@]2(C)[C@H]1CC[C@@]2(O)C(=O)COC(=O)Cc1ccc(N(CCCl)CCCl)cc1. The van der Waals surface area contributed by atoms with Crippen LogP contribution in [0.5, 0.6) is 0 Å². The Labute approximate surface area is 257 Å². The lowest BCUT2D eigenvalue weighted by molar-refractivity contribution is -0.181. The quantitative estimate of drug-likeness (QED) is 0.291. The minimum atomic E-state index is -1.69. The number of hydrogen-bond donors (Lipinski definition) is 2. The second kappa shape index (κ2) is 12.1. The van der Waals surface area contributed by atoms with Gasteiger partial charge in [0.2, 0.25) is 5.78 Å². The van der Waals surface area contributed by atoms with E-state index in [0.717, 1.165) is 29.7 Å². The Morgan fingerprint density at radius 2 is 1.79 bits per heavy atom. The Balaban J connectivity index is 1.23. The molecule has 0 spiro atoms. The van der Waals surface area contributed by atoms with Gasteiger partial charge in [-0.2, -0.15) is 0 Å². The Bertz CT molecular complexity index is 1270. The first-order valence-corrected chi connectivity index (χ1v) is 16.0. The number of esters is 1. The Morgan fingerprint density at radius 3 is 2.45 bits per heavy atom. The maximum atomic E-state index is 13.5. The van der Waals surface area contributed by atoms with E-state index in [1.54, 1.807) is 12.2 Å². The van der Waals surface area contributed by atoms with Crippen molar-refractivity contribution in [1.82, 2.24) is 0 Å². The van der Waals surface area contributed by atoms with E-state index in [1.165, 1.54) is 0 Å². The van der Waals surface area contributed by atoms with Gasteiger partial charge in [-0.25, -0.2) is 0 Å². The highest BCUT2D eigenvalue weighted by Crippen LogP contribution is 2.67. The Kier molecular flexibility index (Phi) is 8.98. The molecular formula is C33H41Cl2NO6. The maximum Gasteiger partial charge on any atom is 0.310 e. The van der Waals surface area contributed by atoms with Crippen molar-refractivity contribution >= 4 is 46.4 Å². The van der Waals surface area contributed by atoms with Crippen molar-refractivity contribution in [2.24, 2.45) is 28.6 Å². The summed E-state index contributed by atoms with van der Waals surface area (Å²) in [5.74, 6) is -0.0554. The normalized spacial score (nSPS) is 35.1. The fourth-order valence-corrected chi connectivity index (χ4v) is 9.08. The topological polar surface area (TPSA) is 104 Å². The summed E-state index contributed by atoms with van der Waals surface area (Å²) in [4.78, 5) is 40.3. The largest absolute Gasteiger partial charge is 0.457 e. The molecule has 0 bridgehead atoms. The van der Waals surface area contributed by atoms with Gasteiger partial charge in [0.15, 0.2) is 12.4 Å². The number of nitrogens with zero attached hydrogens (tertiary/aromatic N) is 1. The average molecular weight is 619 g/mol. The second-order valence-electron chi connectivity index (χ2n) is 12.9. The third-order valence-corrected chi connectivity index (χ3v) is 11.2. The van der Waals surface area contributed by atoms with Crippen molar-refractivity contribution in [3.8, 4) is 0 Å². The number of benzene rings is 1. The predicted molar refractivity (Wildman–Crippen MR) is 163 cm³/mol. The van der Waals surface area contributed by atoms with E-state index in [-0.39, 0.29) is 42.8 Å². The van der Waals surface area contributed by atoms with Crippen LogP contribution in [0.25, 0.3) is 0 Å². The molecule has 0 saturated heterocycles. The molecule has 7 nitrogen and oxygen atoms in total. The smallest absolute Gasteiger partial charge is 0.310 e. The summed E-state index contributed by atoms with van der Waals surface area (Å²) in [5, 5.41) is 23.4. The minimum Gasteiger partial charge on any atom is -0.457 e. The molecular weight excluding hydrogens is 577 g/mol. The van der Waals surface area contributed by atoms with Crippen LogP contribution in [0.15, 0.2) is 48.1 Å². The molecule has 42 heavy (non-hydrogen) atoms. The van der Waals surface area contributed by atoms with Gasteiger partial charge in [-0.1, -0.05) is 37.6 Å². The van der Waals surface area contributed by atoms with Crippen molar-refractivity contribution in [2.75, 3.05) is 36.4 Å². The van der Waals surface area contributed by atoms with Crippen molar-refractivity contribution < 1.29 is 29.3 Å². The summed E-state index contributed by atoms with van der Waals surface area (Å²) in [7, 11) is 0. The molecule has 9 heteroatoms. The van der Waals surface area contributed by atoms with Crippen molar-refractivity contribution in [3.05, 3.63) is 53.6 Å². The summed E-state index contributed by atoms with van der Waals surface area (Å²) in [6.07, 6.45) is 7.30. The molecule has 0 amide bonds. The number of aliphatic hydroxyl groups excluding tert-OH is 1. The summed E-state index contributed by atoms with van der Waals surface area (Å²) in [5.41, 5.74) is -0.167. The first-order valence-electron chi connectivity index (χ1n) is 15.0. The fraction of sp³-hybridized carbons (Fsp3) is 0.606. The highest BCUT2D eigenvalue weighted by atomic mass is 35.5. The molecule has 5 rings (SSSR count). The molecule has 1 aromatic carbocycles. The van der Waals surface area contributed by atoms with Crippen LogP contribution in [-0.4, -0.2) is 70.9 Å². The van der Waals surface area contributed by atoms with Gasteiger partial charge in [0, 0.05) is 47.3 Å². The molecule has 0 aromatic heterocycles. The standard InChI is InChI=1S/C33H41Cl2NO6/c1-31-11-9-24(37)18-22(31)5-8-25-26-10-12-33(41,32(26,2)19-27(38)30(25)31)28(39)20-42-29(40)17-21-3-6-23(7-4-21)36(15-13-34)16-14-35/h3-4,6-7,9,11,18,25-27,30,38,41H,5,8,10,12-17,19-20H2,1-2H3/t25-,26-,27+,30+,31-,32-,33+/m0/s1. The molecule has 4 aliphatic carbocycles. The van der Waals surface area contributed by atoms with Gasteiger partial charge >= 0.3 is 5.97 Å². The van der Waals surface area contributed by atoms with Crippen molar-refractivity contribution in [1.29, 1.82) is 0 Å². The van der Waals surface area contributed by atoms with Gasteiger partial charge < -0.3 is 19.8 Å². The molecule has 1 aromatic rings. The Hall–Kier alpha value is -2.19. The summed E-state index contributed by atoms with van der Waals surface area (Å²) in [6.45, 7) is 4.83. The van der Waals surface area contributed by atoms with Gasteiger partial charge in [0.1, 0.15) is 5.60 Å². The number of aliphatic hydroxyl groups is 2. The number of carbonyl (C=O) groups excluding carboxylic acids is 3. The van der Waals surface area contributed by atoms with Gasteiger partial charge in [-0.15, -0.1) is 23.2 Å². The van der Waals surface area contributed by atoms with Crippen LogP contribution in [0.1, 0.15) is 51.5 Å². The van der Waals surface area contributed by atoms with E-state index in [4.69, 9.17) is 27.9 Å². The number of Topliss-reactive ketones (excluding diaryl/α,β-unsaturated/α-hetero) is 1. The van der Waals surface area contributed by atoms with E-state index in [2.05, 4.69) is 11.8 Å². The van der Waals surface area contributed by atoms with E-state index in [0.29, 0.717) is 31.3 Å². The van der Waals surface area contributed by atoms with Crippen LogP contribution >= 0.6 is 23.2 Å². The third kappa shape index (κ3) is 5.36. The average Bonchev–Trinajstić information content (AvgIpc) is 3.23. The summed E-state index contributed by atoms with van der Waals surface area (Å²) >= 11 is 11.8. The predicted octanol–water partition coefficient (Wildman–Crippen LogP) is 4.64. The zero-order chi connectivity index (χ0) is 30.3. The number of hydrogen-bond acceptors (Lipinski definition) is 7. The van der Waals surface area contributed by atoms with Gasteiger partial charge in [-0.05, 0) is 73.8 Å². The number of fused-ring (bicyclic) bond motifs is 5. The van der Waals surface area contributed by atoms with E-state index in [1.807, 2.05) is 37.3 Å². The maximum absolute atomic E-state index is 13.5. The van der Waals surface area contributed by atoms with E-state index >= 15 is 0 Å². The first kappa shape index (κ1) is 31.2. The third-order valence-electron chi connectivity index (χ3n) is 10.8. The molecule has 0 unspecified atom stereocenters. The van der Waals surface area contributed by atoms with Crippen LogP contribution in [0.3, 0.4) is 0 Å². The molecule has 4 aliphatic rings. The molecule has 0 aliphatic heterocycles. The highest BCUT2D eigenvalue weighted by Gasteiger charge is 2.68. The number of rotatable bonds is 10. The number of ketones is 2.